The lowest BCUT2D eigenvalue weighted by Crippen LogP contribution is -2.21. The molecule has 0 radical (unpaired) electrons. The lowest BCUT2D eigenvalue weighted by atomic mass is 10.1. The molecule has 0 aromatic heterocycles. The minimum absolute atomic E-state index is 0.358. The molecule has 0 amide bonds. The van der Waals surface area contributed by atoms with Crippen LogP contribution in [0.2, 0.25) is 0 Å². The Morgan fingerprint density at radius 1 is 1.58 bits per heavy atom. The Bertz CT molecular complexity index is 476. The molecule has 0 aliphatic carbocycles. The Morgan fingerprint density at radius 2 is 2.42 bits per heavy atom. The van der Waals surface area contributed by atoms with E-state index in [2.05, 4.69) is 21.4 Å². The minimum atomic E-state index is -0.358. The number of nitriles is 1. The molecule has 1 aromatic carbocycles. The van der Waals surface area contributed by atoms with Crippen molar-refractivity contribution >= 4 is 0 Å². The van der Waals surface area contributed by atoms with Gasteiger partial charge in [-0.2, -0.15) is 5.26 Å². The first-order chi connectivity index (χ1) is 9.31. The van der Waals surface area contributed by atoms with Gasteiger partial charge in [0.25, 0.3) is 0 Å². The van der Waals surface area contributed by atoms with Crippen LogP contribution < -0.4 is 5.32 Å². The molecule has 6 heteroatoms. The van der Waals surface area contributed by atoms with E-state index in [0.29, 0.717) is 26.1 Å². The van der Waals surface area contributed by atoms with Crippen LogP contribution in [0, 0.1) is 11.3 Å². The minimum Gasteiger partial charge on any atom is -0.380 e. The average molecular weight is 259 g/mol. The third kappa shape index (κ3) is 5.40. The van der Waals surface area contributed by atoms with Gasteiger partial charge in [-0.3, -0.25) is 5.32 Å². The monoisotopic (exact) mass is 259 g/mol. The topological polar surface area (TPSA) is 93.8 Å². The number of benzene rings is 1. The zero-order valence-corrected chi connectivity index (χ0v) is 10.9. The summed E-state index contributed by atoms with van der Waals surface area (Å²) in [6, 6.07) is 9.60. The standard InChI is InChI=1S/C13H17N5O/c1-19-10-11-4-2-5-12(8-11)13(9-14)16-6-3-7-17-18-15/h2,4-5,8,13,16H,3,6-7,10H2,1H3. The Kier molecular flexibility index (Phi) is 7.06. The van der Waals surface area contributed by atoms with Crippen LogP contribution >= 0.6 is 0 Å². The van der Waals surface area contributed by atoms with Gasteiger partial charge in [0.15, 0.2) is 0 Å². The second-order valence-electron chi connectivity index (χ2n) is 4.00. The first kappa shape index (κ1) is 15.0. The predicted octanol–water partition coefficient (Wildman–Crippen LogP) is 2.69. The van der Waals surface area contributed by atoms with Gasteiger partial charge in [0.2, 0.25) is 0 Å². The van der Waals surface area contributed by atoms with E-state index in [-0.39, 0.29) is 6.04 Å². The smallest absolute Gasteiger partial charge is 0.121 e. The van der Waals surface area contributed by atoms with Crippen molar-refractivity contribution in [2.45, 2.75) is 19.1 Å². The highest BCUT2D eigenvalue weighted by atomic mass is 16.5. The molecule has 6 nitrogen and oxygen atoms in total. The van der Waals surface area contributed by atoms with Crippen molar-refractivity contribution < 1.29 is 4.74 Å². The summed E-state index contributed by atoms with van der Waals surface area (Å²) < 4.78 is 5.07. The third-order valence-corrected chi connectivity index (χ3v) is 2.57. The maximum Gasteiger partial charge on any atom is 0.121 e. The van der Waals surface area contributed by atoms with Crippen LogP contribution in [0.4, 0.5) is 0 Å². The van der Waals surface area contributed by atoms with Gasteiger partial charge in [0.05, 0.1) is 12.7 Å². The van der Waals surface area contributed by atoms with Crippen LogP contribution in [0.5, 0.6) is 0 Å². The molecule has 1 rings (SSSR count). The lowest BCUT2D eigenvalue weighted by Gasteiger charge is -2.12. The van der Waals surface area contributed by atoms with Gasteiger partial charge >= 0.3 is 0 Å². The van der Waals surface area contributed by atoms with Crippen molar-refractivity contribution in [2.75, 3.05) is 20.2 Å². The molecule has 1 unspecified atom stereocenters. The van der Waals surface area contributed by atoms with Gasteiger partial charge in [-0.15, -0.1) is 0 Å². The molecule has 0 aliphatic rings. The van der Waals surface area contributed by atoms with Gasteiger partial charge < -0.3 is 4.74 Å². The molecule has 0 bridgehead atoms. The molecule has 0 aliphatic heterocycles. The number of rotatable bonds is 8. The van der Waals surface area contributed by atoms with E-state index in [1.807, 2.05) is 24.3 Å². The third-order valence-electron chi connectivity index (χ3n) is 2.57. The Labute approximate surface area is 112 Å². The number of nitrogens with zero attached hydrogens (tertiary/aromatic N) is 4. The maximum absolute atomic E-state index is 9.18. The number of hydrogen-bond acceptors (Lipinski definition) is 4. The van der Waals surface area contributed by atoms with E-state index in [9.17, 15) is 5.26 Å². The van der Waals surface area contributed by atoms with Crippen molar-refractivity contribution in [3.8, 4) is 6.07 Å². The summed E-state index contributed by atoms with van der Waals surface area (Å²) in [5, 5.41) is 15.8. The van der Waals surface area contributed by atoms with Crippen LogP contribution in [0.25, 0.3) is 10.4 Å². The highest BCUT2D eigenvalue weighted by Crippen LogP contribution is 2.14. The highest BCUT2D eigenvalue weighted by molar-refractivity contribution is 5.29. The van der Waals surface area contributed by atoms with Gasteiger partial charge in [-0.1, -0.05) is 29.4 Å². The summed E-state index contributed by atoms with van der Waals surface area (Å²) in [6.45, 7) is 1.60. The molecule has 19 heavy (non-hydrogen) atoms. The second-order valence-corrected chi connectivity index (χ2v) is 4.00. The zero-order valence-electron chi connectivity index (χ0n) is 10.9. The molecular formula is C13H17N5O. The maximum atomic E-state index is 9.18. The molecule has 0 fully saturated rings. The number of ether oxygens (including phenoxy) is 1. The molecule has 1 atom stereocenters. The summed E-state index contributed by atoms with van der Waals surface area (Å²) in [7, 11) is 1.64. The number of azide groups is 1. The molecule has 0 spiro atoms. The molecule has 0 saturated carbocycles. The number of methoxy groups -OCH3 is 1. The summed E-state index contributed by atoms with van der Waals surface area (Å²) in [5.74, 6) is 0. The Balaban J connectivity index is 2.56. The molecular weight excluding hydrogens is 242 g/mol. The molecule has 100 valence electrons. The van der Waals surface area contributed by atoms with Crippen LogP contribution in [-0.2, 0) is 11.3 Å². The number of nitrogens with one attached hydrogen (secondary N) is 1. The first-order valence-electron chi connectivity index (χ1n) is 6.03. The van der Waals surface area contributed by atoms with Gasteiger partial charge in [0.1, 0.15) is 6.04 Å². The quantitative estimate of drug-likeness (QED) is 0.336. The van der Waals surface area contributed by atoms with Crippen LogP contribution in [0.3, 0.4) is 0 Å². The molecule has 1 aromatic rings. The van der Waals surface area contributed by atoms with Crippen molar-refractivity contribution in [2.24, 2.45) is 5.11 Å². The highest BCUT2D eigenvalue weighted by Gasteiger charge is 2.09. The van der Waals surface area contributed by atoms with E-state index in [1.165, 1.54) is 0 Å². The van der Waals surface area contributed by atoms with Crippen molar-refractivity contribution in [3.05, 3.63) is 45.8 Å². The van der Waals surface area contributed by atoms with Gasteiger partial charge in [-0.25, -0.2) is 0 Å². The summed E-state index contributed by atoms with van der Waals surface area (Å²) >= 11 is 0. The van der Waals surface area contributed by atoms with Crippen molar-refractivity contribution in [1.29, 1.82) is 5.26 Å². The van der Waals surface area contributed by atoms with Gasteiger partial charge in [0, 0.05) is 18.6 Å². The predicted molar refractivity (Wildman–Crippen MR) is 72.1 cm³/mol. The summed E-state index contributed by atoms with van der Waals surface area (Å²) in [4.78, 5) is 2.68. The van der Waals surface area contributed by atoms with Crippen molar-refractivity contribution in [3.63, 3.8) is 0 Å². The van der Waals surface area contributed by atoms with E-state index in [1.54, 1.807) is 7.11 Å². The SMILES string of the molecule is COCc1cccc(C(C#N)NCCCN=[N+]=[N-])c1. The fourth-order valence-electron chi connectivity index (χ4n) is 1.71. The molecule has 0 heterocycles. The van der Waals surface area contributed by atoms with E-state index in [0.717, 1.165) is 11.1 Å². The fourth-order valence-corrected chi connectivity index (χ4v) is 1.71. The Hall–Kier alpha value is -2.06. The number of hydrogen-bond donors (Lipinski definition) is 1. The zero-order chi connectivity index (χ0) is 13.9. The van der Waals surface area contributed by atoms with Crippen LogP contribution in [-0.4, -0.2) is 20.2 Å². The first-order valence-corrected chi connectivity index (χ1v) is 6.03. The normalized spacial score (nSPS) is 11.4. The van der Waals surface area contributed by atoms with Crippen molar-refractivity contribution in [1.82, 2.24) is 5.32 Å². The largest absolute Gasteiger partial charge is 0.380 e. The molecule has 0 saturated heterocycles. The van der Waals surface area contributed by atoms with E-state index >= 15 is 0 Å². The Morgan fingerprint density at radius 3 is 3.11 bits per heavy atom. The fraction of sp³-hybridized carbons (Fsp3) is 0.462. The van der Waals surface area contributed by atoms with E-state index < -0.39 is 0 Å². The second kappa shape index (κ2) is 8.95. The average Bonchev–Trinajstić information content (AvgIpc) is 2.43. The van der Waals surface area contributed by atoms with Crippen LogP contribution in [0.1, 0.15) is 23.6 Å². The lowest BCUT2D eigenvalue weighted by molar-refractivity contribution is 0.185. The van der Waals surface area contributed by atoms with Gasteiger partial charge in [-0.05, 0) is 29.6 Å². The summed E-state index contributed by atoms with van der Waals surface area (Å²) in [5.41, 5.74) is 10.1. The summed E-state index contributed by atoms with van der Waals surface area (Å²) in [6.07, 6.45) is 0.708. The molecule has 1 N–H and O–H groups in total. The van der Waals surface area contributed by atoms with E-state index in [4.69, 9.17) is 10.3 Å². The van der Waals surface area contributed by atoms with Crippen LogP contribution in [0.15, 0.2) is 29.4 Å².